The minimum absolute atomic E-state index is 0.0680. The van der Waals surface area contributed by atoms with Gasteiger partial charge in [-0.25, -0.2) is 0 Å². The molecule has 0 aliphatic carbocycles. The quantitative estimate of drug-likeness (QED) is 0.665. The lowest BCUT2D eigenvalue weighted by atomic mass is 10.00. The molecule has 1 heterocycles. The molecule has 5 heteroatoms. The zero-order valence-electron chi connectivity index (χ0n) is 12.5. The van der Waals surface area contributed by atoms with E-state index in [0.29, 0.717) is 25.4 Å². The summed E-state index contributed by atoms with van der Waals surface area (Å²) < 4.78 is 0. The van der Waals surface area contributed by atoms with Gasteiger partial charge in [-0.1, -0.05) is 30.3 Å². The van der Waals surface area contributed by atoms with Crippen LogP contribution in [-0.4, -0.2) is 53.0 Å². The number of carbonyl (C=O) groups excluding carboxylic acids is 2. The van der Waals surface area contributed by atoms with Crippen LogP contribution in [0.4, 0.5) is 0 Å². The lowest BCUT2D eigenvalue weighted by Crippen LogP contribution is -2.56. The van der Waals surface area contributed by atoms with Crippen LogP contribution in [0.1, 0.15) is 25.3 Å². The van der Waals surface area contributed by atoms with E-state index in [0.717, 1.165) is 5.56 Å². The average Bonchev–Trinajstić information content (AvgIpc) is 2.49. The summed E-state index contributed by atoms with van der Waals surface area (Å²) in [7, 11) is 0. The van der Waals surface area contributed by atoms with Gasteiger partial charge in [-0.2, -0.15) is 12.6 Å². The second-order valence-corrected chi connectivity index (χ2v) is 6.00. The molecule has 0 radical (unpaired) electrons. The van der Waals surface area contributed by atoms with E-state index in [1.165, 1.54) is 0 Å². The van der Waals surface area contributed by atoms with Gasteiger partial charge in [0.1, 0.15) is 0 Å². The molecule has 1 unspecified atom stereocenters. The van der Waals surface area contributed by atoms with Gasteiger partial charge in [-0.3, -0.25) is 9.59 Å². The number of rotatable bonds is 5. The molecule has 1 aliphatic rings. The van der Waals surface area contributed by atoms with E-state index in [1.807, 2.05) is 44.2 Å². The third-order valence-corrected chi connectivity index (χ3v) is 4.34. The van der Waals surface area contributed by atoms with E-state index >= 15 is 0 Å². The average molecular weight is 306 g/mol. The van der Waals surface area contributed by atoms with Gasteiger partial charge < -0.3 is 9.80 Å². The summed E-state index contributed by atoms with van der Waals surface area (Å²) in [6, 6.07) is 10.1. The standard InChI is InChI=1S/C16H22N2O2S/c1-12(2)18-9-8-17(15(19)16(18)20)10-14(11-21)13-6-4-3-5-7-13/h3-7,12,14,21H,8-11H2,1-2H3. The first-order valence-corrected chi connectivity index (χ1v) is 7.93. The highest BCUT2D eigenvalue weighted by atomic mass is 32.1. The zero-order chi connectivity index (χ0) is 15.4. The summed E-state index contributed by atoms with van der Waals surface area (Å²) in [4.78, 5) is 27.6. The molecule has 4 nitrogen and oxygen atoms in total. The molecule has 1 aromatic rings. The molecule has 21 heavy (non-hydrogen) atoms. The van der Waals surface area contributed by atoms with Gasteiger partial charge in [0, 0.05) is 31.6 Å². The summed E-state index contributed by atoms with van der Waals surface area (Å²) in [6.07, 6.45) is 0. The lowest BCUT2D eigenvalue weighted by molar-refractivity contribution is -0.157. The summed E-state index contributed by atoms with van der Waals surface area (Å²) >= 11 is 4.40. The highest BCUT2D eigenvalue weighted by Gasteiger charge is 2.34. The molecule has 1 aliphatic heterocycles. The highest BCUT2D eigenvalue weighted by Crippen LogP contribution is 2.20. The van der Waals surface area contributed by atoms with E-state index in [1.54, 1.807) is 9.80 Å². The van der Waals surface area contributed by atoms with Crippen molar-refractivity contribution in [2.45, 2.75) is 25.8 Å². The molecule has 0 saturated carbocycles. The number of nitrogens with zero attached hydrogens (tertiary/aromatic N) is 2. The van der Waals surface area contributed by atoms with E-state index < -0.39 is 5.91 Å². The Bertz CT molecular complexity index is 504. The number of hydrogen-bond donors (Lipinski definition) is 1. The van der Waals surface area contributed by atoms with Crippen LogP contribution >= 0.6 is 12.6 Å². The number of benzene rings is 1. The molecule has 0 bridgehead atoms. The van der Waals surface area contributed by atoms with Crippen LogP contribution in [0.3, 0.4) is 0 Å². The molecule has 114 valence electrons. The van der Waals surface area contributed by atoms with Crippen LogP contribution in [0.2, 0.25) is 0 Å². The fraction of sp³-hybridized carbons (Fsp3) is 0.500. The van der Waals surface area contributed by atoms with E-state index in [-0.39, 0.29) is 17.9 Å². The predicted octanol–water partition coefficient (Wildman–Crippen LogP) is 1.78. The molecule has 2 rings (SSSR count). The van der Waals surface area contributed by atoms with Crippen molar-refractivity contribution in [1.82, 2.24) is 9.80 Å². The number of carbonyl (C=O) groups is 2. The van der Waals surface area contributed by atoms with Crippen LogP contribution in [-0.2, 0) is 9.59 Å². The van der Waals surface area contributed by atoms with Crippen LogP contribution in [0.25, 0.3) is 0 Å². The molecule has 0 aromatic heterocycles. The largest absolute Gasteiger partial charge is 0.332 e. The molecule has 1 fully saturated rings. The number of hydrogen-bond acceptors (Lipinski definition) is 3. The normalized spacial score (nSPS) is 17.5. The number of thiol groups is 1. The Morgan fingerprint density at radius 2 is 1.76 bits per heavy atom. The molecule has 1 saturated heterocycles. The maximum absolute atomic E-state index is 12.2. The first kappa shape index (κ1) is 15.9. The van der Waals surface area contributed by atoms with Gasteiger partial charge >= 0.3 is 11.8 Å². The van der Waals surface area contributed by atoms with Crippen molar-refractivity contribution in [1.29, 1.82) is 0 Å². The second kappa shape index (κ2) is 6.98. The third-order valence-electron chi connectivity index (χ3n) is 3.90. The summed E-state index contributed by atoms with van der Waals surface area (Å²) in [6.45, 7) is 5.61. The molecule has 1 aromatic carbocycles. The molecule has 0 N–H and O–H groups in total. The fourth-order valence-electron chi connectivity index (χ4n) is 2.62. The first-order valence-electron chi connectivity index (χ1n) is 7.30. The van der Waals surface area contributed by atoms with Gasteiger partial charge in [0.05, 0.1) is 0 Å². The van der Waals surface area contributed by atoms with Crippen LogP contribution < -0.4 is 0 Å². The maximum Gasteiger partial charge on any atom is 0.312 e. The first-order chi connectivity index (χ1) is 10.0. The lowest BCUT2D eigenvalue weighted by Gasteiger charge is -2.37. The SMILES string of the molecule is CC(C)N1CCN(CC(CS)c2ccccc2)C(=O)C1=O. The van der Waals surface area contributed by atoms with Crippen molar-refractivity contribution in [2.24, 2.45) is 0 Å². The second-order valence-electron chi connectivity index (χ2n) is 5.63. The van der Waals surface area contributed by atoms with E-state index in [9.17, 15) is 9.59 Å². The Balaban J connectivity index is 2.06. The maximum atomic E-state index is 12.2. The zero-order valence-corrected chi connectivity index (χ0v) is 13.4. The van der Waals surface area contributed by atoms with Crippen LogP contribution in [0.15, 0.2) is 30.3 Å². The minimum Gasteiger partial charge on any atom is -0.332 e. The Labute approximate surface area is 131 Å². The summed E-state index contributed by atoms with van der Waals surface area (Å²) in [5, 5.41) is 0. The minimum atomic E-state index is -0.391. The monoisotopic (exact) mass is 306 g/mol. The molecule has 0 spiro atoms. The number of amides is 2. The van der Waals surface area contributed by atoms with Crippen molar-refractivity contribution >= 4 is 24.4 Å². The van der Waals surface area contributed by atoms with Gasteiger partial charge in [0.15, 0.2) is 0 Å². The van der Waals surface area contributed by atoms with Crippen molar-refractivity contribution in [3.05, 3.63) is 35.9 Å². The van der Waals surface area contributed by atoms with E-state index in [4.69, 9.17) is 0 Å². The molecular formula is C16H22N2O2S. The summed E-state index contributed by atoms with van der Waals surface area (Å²) in [5.74, 6) is 0.0207. The molecular weight excluding hydrogens is 284 g/mol. The fourth-order valence-corrected chi connectivity index (χ4v) is 2.94. The topological polar surface area (TPSA) is 40.6 Å². The Morgan fingerprint density at radius 1 is 1.10 bits per heavy atom. The number of piperazine rings is 1. The summed E-state index contributed by atoms with van der Waals surface area (Å²) in [5.41, 5.74) is 1.15. The smallest absolute Gasteiger partial charge is 0.312 e. The third kappa shape index (κ3) is 3.59. The van der Waals surface area contributed by atoms with Gasteiger partial charge in [-0.05, 0) is 25.2 Å². The van der Waals surface area contributed by atoms with E-state index in [2.05, 4.69) is 12.6 Å². The van der Waals surface area contributed by atoms with Crippen molar-refractivity contribution in [3.8, 4) is 0 Å². The van der Waals surface area contributed by atoms with Gasteiger partial charge in [-0.15, -0.1) is 0 Å². The van der Waals surface area contributed by atoms with Gasteiger partial charge in [0.2, 0.25) is 0 Å². The Hall–Kier alpha value is -1.49. The Kier molecular flexibility index (Phi) is 5.28. The molecule has 2 amide bonds. The van der Waals surface area contributed by atoms with Crippen molar-refractivity contribution in [3.63, 3.8) is 0 Å². The highest BCUT2D eigenvalue weighted by molar-refractivity contribution is 7.80. The van der Waals surface area contributed by atoms with Gasteiger partial charge in [0.25, 0.3) is 0 Å². The Morgan fingerprint density at radius 3 is 2.33 bits per heavy atom. The van der Waals surface area contributed by atoms with Crippen molar-refractivity contribution in [2.75, 3.05) is 25.4 Å². The van der Waals surface area contributed by atoms with Crippen LogP contribution in [0.5, 0.6) is 0 Å². The molecule has 1 atom stereocenters. The predicted molar refractivity (Wildman–Crippen MR) is 86.5 cm³/mol. The van der Waals surface area contributed by atoms with Crippen LogP contribution in [0, 0.1) is 0 Å². The van der Waals surface area contributed by atoms with Crippen molar-refractivity contribution < 1.29 is 9.59 Å².